The van der Waals surface area contributed by atoms with Gasteiger partial charge >= 0.3 is 11.9 Å². The number of ether oxygens (including phenoxy) is 4. The van der Waals surface area contributed by atoms with Crippen LogP contribution in [0.5, 0.6) is 28.7 Å². The lowest BCUT2D eigenvalue weighted by Gasteiger charge is -2.13. The van der Waals surface area contributed by atoms with E-state index in [4.69, 9.17) is 58.9 Å². The van der Waals surface area contributed by atoms with Crippen LogP contribution in [0.25, 0.3) is 0 Å². The summed E-state index contributed by atoms with van der Waals surface area (Å²) in [7, 11) is 0. The van der Waals surface area contributed by atoms with Crippen LogP contribution < -0.4 is 18.9 Å². The van der Waals surface area contributed by atoms with Gasteiger partial charge in [0.05, 0.1) is 5.02 Å². The lowest BCUT2D eigenvalue weighted by atomic mass is 10.3. The molecule has 166 valence electrons. The van der Waals surface area contributed by atoms with E-state index in [-0.39, 0.29) is 16.5 Å². The SMILES string of the molecule is O=C(O)COc1ccc(OCC(=O)Oc2cc(Cl)ccc2Oc2ccc(Cl)cc2Cl)cc1. The first kappa shape index (κ1) is 23.5. The monoisotopic (exact) mass is 496 g/mol. The number of hydrogen-bond acceptors (Lipinski definition) is 6. The van der Waals surface area contributed by atoms with Crippen molar-refractivity contribution in [2.24, 2.45) is 0 Å². The number of carboxylic acids is 1. The first-order chi connectivity index (χ1) is 15.3. The van der Waals surface area contributed by atoms with Gasteiger partial charge < -0.3 is 24.1 Å². The highest BCUT2D eigenvalue weighted by molar-refractivity contribution is 6.35. The van der Waals surface area contributed by atoms with Gasteiger partial charge in [-0.2, -0.15) is 0 Å². The van der Waals surface area contributed by atoms with Crippen LogP contribution in [0.2, 0.25) is 15.1 Å². The van der Waals surface area contributed by atoms with Gasteiger partial charge in [0.2, 0.25) is 0 Å². The van der Waals surface area contributed by atoms with Crippen molar-refractivity contribution >= 4 is 46.7 Å². The zero-order valence-corrected chi connectivity index (χ0v) is 18.5. The quantitative estimate of drug-likeness (QED) is 0.291. The Morgan fingerprint density at radius 2 is 1.28 bits per heavy atom. The van der Waals surface area contributed by atoms with E-state index in [2.05, 4.69) is 0 Å². The minimum Gasteiger partial charge on any atom is -0.482 e. The summed E-state index contributed by atoms with van der Waals surface area (Å²) in [6, 6.07) is 15.3. The number of esters is 1. The van der Waals surface area contributed by atoms with E-state index in [9.17, 15) is 9.59 Å². The molecular weight excluding hydrogens is 483 g/mol. The third kappa shape index (κ3) is 6.95. The van der Waals surface area contributed by atoms with Crippen molar-refractivity contribution in [1.29, 1.82) is 0 Å². The number of carboxylic acid groups (broad SMARTS) is 1. The Morgan fingerprint density at radius 1 is 0.719 bits per heavy atom. The number of rotatable bonds is 9. The van der Waals surface area contributed by atoms with Crippen LogP contribution in [0.3, 0.4) is 0 Å². The highest BCUT2D eigenvalue weighted by atomic mass is 35.5. The van der Waals surface area contributed by atoms with Gasteiger partial charge in [0.25, 0.3) is 0 Å². The Morgan fingerprint density at radius 3 is 1.88 bits per heavy atom. The van der Waals surface area contributed by atoms with E-state index in [0.717, 1.165) is 0 Å². The van der Waals surface area contributed by atoms with Gasteiger partial charge in [-0.3, -0.25) is 0 Å². The van der Waals surface area contributed by atoms with Gasteiger partial charge in [-0.05, 0) is 54.6 Å². The van der Waals surface area contributed by atoms with Crippen LogP contribution in [-0.4, -0.2) is 30.3 Å². The molecule has 0 spiro atoms. The molecule has 0 fully saturated rings. The molecule has 3 rings (SSSR count). The summed E-state index contributed by atoms with van der Waals surface area (Å²) in [6.45, 7) is -0.860. The van der Waals surface area contributed by atoms with Crippen molar-refractivity contribution in [2.75, 3.05) is 13.2 Å². The molecule has 0 aromatic heterocycles. The molecule has 0 unspecified atom stereocenters. The standard InChI is InChI=1S/C22H15Cl3O7/c23-13-1-7-18(17(25)9-13)31-19-8-2-14(24)10-20(19)32-22(28)12-30-16-5-3-15(4-6-16)29-11-21(26)27/h1-10H,11-12H2,(H,26,27). The van der Waals surface area contributed by atoms with Crippen LogP contribution in [0.4, 0.5) is 0 Å². The maximum absolute atomic E-state index is 12.3. The zero-order chi connectivity index (χ0) is 23.1. The number of carbonyl (C=O) groups excluding carboxylic acids is 1. The average Bonchev–Trinajstić information content (AvgIpc) is 2.75. The van der Waals surface area contributed by atoms with Gasteiger partial charge in [-0.15, -0.1) is 0 Å². The molecule has 0 aliphatic rings. The zero-order valence-electron chi connectivity index (χ0n) is 16.2. The van der Waals surface area contributed by atoms with Crippen LogP contribution >= 0.6 is 34.8 Å². The Kier molecular flexibility index (Phi) is 8.05. The molecule has 0 aliphatic heterocycles. The molecule has 3 aromatic carbocycles. The predicted octanol–water partition coefficient (Wildman–Crippen LogP) is 5.89. The first-order valence-electron chi connectivity index (χ1n) is 9.01. The maximum Gasteiger partial charge on any atom is 0.349 e. The molecule has 0 radical (unpaired) electrons. The molecule has 0 aliphatic carbocycles. The smallest absolute Gasteiger partial charge is 0.349 e. The van der Waals surface area contributed by atoms with Crippen LogP contribution in [0.1, 0.15) is 0 Å². The summed E-state index contributed by atoms with van der Waals surface area (Å²) < 4.78 is 21.5. The number of carbonyl (C=O) groups is 2. The fraction of sp³-hybridized carbons (Fsp3) is 0.0909. The van der Waals surface area contributed by atoms with E-state index < -0.39 is 25.2 Å². The lowest BCUT2D eigenvalue weighted by Crippen LogP contribution is -2.18. The van der Waals surface area contributed by atoms with Gasteiger partial charge in [0.1, 0.15) is 17.2 Å². The number of hydrogen-bond donors (Lipinski definition) is 1. The Hall–Kier alpha value is -3.13. The minimum absolute atomic E-state index is 0.0783. The minimum atomic E-state index is -1.09. The van der Waals surface area contributed by atoms with E-state index in [1.165, 1.54) is 42.5 Å². The van der Waals surface area contributed by atoms with Crippen LogP contribution in [0.15, 0.2) is 60.7 Å². The second kappa shape index (κ2) is 10.9. The Labute approximate surface area is 197 Å². The number of benzene rings is 3. The van der Waals surface area contributed by atoms with Crippen molar-refractivity contribution < 1.29 is 33.6 Å². The largest absolute Gasteiger partial charge is 0.482 e. The molecule has 32 heavy (non-hydrogen) atoms. The molecule has 10 heteroatoms. The van der Waals surface area contributed by atoms with E-state index in [1.54, 1.807) is 18.2 Å². The third-order valence-corrected chi connectivity index (χ3v) is 4.55. The number of aliphatic carboxylic acids is 1. The van der Waals surface area contributed by atoms with Crippen molar-refractivity contribution in [1.82, 2.24) is 0 Å². The normalized spacial score (nSPS) is 10.3. The van der Waals surface area contributed by atoms with Gasteiger partial charge in [-0.1, -0.05) is 34.8 Å². The van der Waals surface area contributed by atoms with Crippen molar-refractivity contribution in [2.45, 2.75) is 0 Å². The van der Waals surface area contributed by atoms with Crippen LogP contribution in [-0.2, 0) is 9.59 Å². The van der Waals surface area contributed by atoms with Gasteiger partial charge in [0.15, 0.2) is 24.7 Å². The van der Waals surface area contributed by atoms with E-state index in [1.807, 2.05) is 0 Å². The van der Waals surface area contributed by atoms with E-state index >= 15 is 0 Å². The number of halogens is 3. The molecule has 0 atom stereocenters. The molecule has 0 bridgehead atoms. The molecule has 0 saturated carbocycles. The van der Waals surface area contributed by atoms with Gasteiger partial charge in [0, 0.05) is 16.1 Å². The third-order valence-electron chi connectivity index (χ3n) is 3.79. The predicted molar refractivity (Wildman–Crippen MR) is 119 cm³/mol. The average molecular weight is 498 g/mol. The Balaban J connectivity index is 1.62. The van der Waals surface area contributed by atoms with Crippen LogP contribution in [0, 0.1) is 0 Å². The first-order valence-corrected chi connectivity index (χ1v) is 10.1. The van der Waals surface area contributed by atoms with Gasteiger partial charge in [-0.25, -0.2) is 9.59 Å². The summed E-state index contributed by atoms with van der Waals surface area (Å²) in [5.41, 5.74) is 0. The van der Waals surface area contributed by atoms with Crippen molar-refractivity contribution in [3.63, 3.8) is 0 Å². The summed E-state index contributed by atoms with van der Waals surface area (Å²) in [4.78, 5) is 22.8. The summed E-state index contributed by atoms with van der Waals surface area (Å²) in [5.74, 6) is -0.469. The summed E-state index contributed by atoms with van der Waals surface area (Å²) >= 11 is 18.0. The Bertz CT molecular complexity index is 1120. The molecule has 0 amide bonds. The lowest BCUT2D eigenvalue weighted by molar-refractivity contribution is -0.139. The second-order valence-electron chi connectivity index (χ2n) is 6.18. The maximum atomic E-state index is 12.3. The fourth-order valence-electron chi connectivity index (χ4n) is 2.39. The highest BCUT2D eigenvalue weighted by Gasteiger charge is 2.14. The van der Waals surface area contributed by atoms with Crippen molar-refractivity contribution in [3.05, 3.63) is 75.7 Å². The topological polar surface area (TPSA) is 91.3 Å². The van der Waals surface area contributed by atoms with E-state index in [0.29, 0.717) is 27.3 Å². The molecule has 0 heterocycles. The molecule has 0 saturated heterocycles. The molecular formula is C22H15Cl3O7. The molecule has 1 N–H and O–H groups in total. The van der Waals surface area contributed by atoms with Crippen molar-refractivity contribution in [3.8, 4) is 28.7 Å². The summed E-state index contributed by atoms with van der Waals surface area (Å²) in [6.07, 6.45) is 0. The highest BCUT2D eigenvalue weighted by Crippen LogP contribution is 2.37. The molecule has 7 nitrogen and oxygen atoms in total. The fourth-order valence-corrected chi connectivity index (χ4v) is 3.00. The summed E-state index contributed by atoms with van der Waals surface area (Å²) in [5, 5.41) is 9.67. The molecule has 3 aromatic rings. The second-order valence-corrected chi connectivity index (χ2v) is 7.46.